The number of aliphatic hydroxyl groups is 1. The topological polar surface area (TPSA) is 237 Å². The molecule has 0 spiro atoms. The number of carbonyl (C=O) groups is 4. The van der Waals surface area contributed by atoms with Crippen molar-refractivity contribution in [3.8, 4) is 0 Å². The van der Waals surface area contributed by atoms with Gasteiger partial charge in [0, 0.05) is 25.7 Å². The molecule has 0 bridgehead atoms. The van der Waals surface area contributed by atoms with Crippen LogP contribution in [0.5, 0.6) is 0 Å². The Morgan fingerprint density at radius 1 is 0.271 bits per heavy atom. The highest BCUT2D eigenvalue weighted by Crippen LogP contribution is 2.45. The minimum Gasteiger partial charge on any atom is -0.462 e. The lowest BCUT2D eigenvalue weighted by Crippen LogP contribution is -2.30. The van der Waals surface area contributed by atoms with E-state index in [1.165, 1.54) is 276 Å². The first-order chi connectivity index (χ1) is 51.8. The summed E-state index contributed by atoms with van der Waals surface area (Å²) in [5.74, 6) is 0.292. The van der Waals surface area contributed by atoms with Crippen molar-refractivity contribution >= 4 is 39.5 Å². The molecule has 19 heteroatoms. The lowest BCUT2D eigenvalue weighted by Gasteiger charge is -2.21. The molecule has 0 aromatic heterocycles. The highest BCUT2D eigenvalue weighted by molar-refractivity contribution is 7.47. The first-order valence-corrected chi connectivity index (χ1v) is 48.4. The fraction of sp³-hybridized carbons (Fsp3) is 0.955. The maximum atomic E-state index is 13.2. The molecule has 3 N–H and O–H groups in total. The van der Waals surface area contributed by atoms with Crippen LogP contribution in [-0.4, -0.2) is 96.7 Å². The molecule has 0 saturated carbocycles. The van der Waals surface area contributed by atoms with Crippen LogP contribution in [0.15, 0.2) is 0 Å². The van der Waals surface area contributed by atoms with Crippen molar-refractivity contribution in [3.63, 3.8) is 0 Å². The number of esters is 4. The summed E-state index contributed by atoms with van der Waals surface area (Å²) in [7, 11) is -9.93. The quantitative estimate of drug-likeness (QED) is 0.0222. The lowest BCUT2D eigenvalue weighted by molar-refractivity contribution is -0.161. The molecule has 0 radical (unpaired) electrons. The predicted molar refractivity (Wildman–Crippen MR) is 441 cm³/mol. The first-order valence-electron chi connectivity index (χ1n) is 45.4. The number of hydrogen-bond donors (Lipinski definition) is 3. The van der Waals surface area contributed by atoms with Crippen LogP contribution in [0.3, 0.4) is 0 Å². The molecule has 0 aromatic rings. The second-order valence-corrected chi connectivity index (χ2v) is 35.7. The standard InChI is InChI=1S/C88H172O17P2/c1-8-10-11-12-13-14-15-16-17-18-19-25-31-36-41-50-57-64-72-88(93)105-84(76-99-86(91)70-63-56-49-44-43-47-54-61-68-81(7)9-2)78-103-107(96,97)101-74-82(89)73-100-106(94,95)102-77-83(75-98-85(90)69-62-55-48-40-35-30-27-22-24-29-34-39-46-53-60-67-80(5)6)104-87(92)71-65-58-51-42-37-32-26-21-20-23-28-33-38-45-52-59-66-79(3)4/h79-84,89H,8-78H2,1-7H3,(H,94,95)(H,96,97)/t81?,82-,83-,84-/m1/s1. The number of phosphoric ester groups is 2. The van der Waals surface area contributed by atoms with E-state index in [0.29, 0.717) is 25.7 Å². The summed E-state index contributed by atoms with van der Waals surface area (Å²) in [5, 5.41) is 10.7. The number of ether oxygens (including phenoxy) is 4. The molecule has 17 nitrogen and oxygen atoms in total. The zero-order chi connectivity index (χ0) is 78.6. The van der Waals surface area contributed by atoms with Crippen LogP contribution < -0.4 is 0 Å². The van der Waals surface area contributed by atoms with E-state index in [4.69, 9.17) is 37.0 Å². The number of unbranched alkanes of at least 4 members (excludes halogenated alkanes) is 53. The maximum Gasteiger partial charge on any atom is 0.472 e. The molecular formula is C88H172O17P2. The molecule has 0 aliphatic carbocycles. The highest BCUT2D eigenvalue weighted by Gasteiger charge is 2.31. The van der Waals surface area contributed by atoms with Crippen molar-refractivity contribution in [3.05, 3.63) is 0 Å². The largest absolute Gasteiger partial charge is 0.472 e. The monoisotopic (exact) mass is 1560 g/mol. The molecule has 0 aliphatic rings. The molecular weight excluding hydrogens is 1390 g/mol. The van der Waals surface area contributed by atoms with Crippen molar-refractivity contribution < 1.29 is 80.2 Å². The smallest absolute Gasteiger partial charge is 0.462 e. The number of hydrogen-bond acceptors (Lipinski definition) is 15. The molecule has 0 saturated heterocycles. The van der Waals surface area contributed by atoms with E-state index in [0.717, 1.165) is 108 Å². The van der Waals surface area contributed by atoms with Gasteiger partial charge in [-0.15, -0.1) is 0 Å². The van der Waals surface area contributed by atoms with Gasteiger partial charge in [-0.25, -0.2) is 9.13 Å². The summed E-state index contributed by atoms with van der Waals surface area (Å²) >= 11 is 0. The van der Waals surface area contributed by atoms with Gasteiger partial charge < -0.3 is 33.8 Å². The summed E-state index contributed by atoms with van der Waals surface area (Å²) in [4.78, 5) is 73.3. The lowest BCUT2D eigenvalue weighted by atomic mass is 9.99. The van der Waals surface area contributed by atoms with Crippen LogP contribution in [-0.2, 0) is 65.4 Å². The molecule has 636 valence electrons. The van der Waals surface area contributed by atoms with Gasteiger partial charge in [0.1, 0.15) is 19.3 Å². The van der Waals surface area contributed by atoms with Gasteiger partial charge in [-0.1, -0.05) is 414 Å². The third-order valence-electron chi connectivity index (χ3n) is 21.0. The SMILES string of the molecule is CCCCCCCCCCCCCCCCCCCCC(=O)O[C@H](COC(=O)CCCCCCCCCCC(C)CC)COP(=O)(O)OC[C@H](O)COP(=O)(O)OC[C@@H](COC(=O)CCCCCCCCCCCCCCCCCC(C)C)OC(=O)CCCCCCCCCCCCCCCCCCC(C)C. The normalized spacial score (nSPS) is 14.1. The Labute approximate surface area is 658 Å². The van der Waals surface area contributed by atoms with E-state index in [1.807, 2.05) is 0 Å². The number of rotatable bonds is 86. The molecule has 107 heavy (non-hydrogen) atoms. The van der Waals surface area contributed by atoms with E-state index in [9.17, 15) is 43.2 Å². The molecule has 0 heterocycles. The number of carbonyl (C=O) groups excluding carboxylic acids is 4. The van der Waals surface area contributed by atoms with Crippen LogP contribution in [0.2, 0.25) is 0 Å². The number of phosphoric acid groups is 2. The maximum absolute atomic E-state index is 13.2. The molecule has 3 unspecified atom stereocenters. The Bertz CT molecular complexity index is 2060. The average molecular weight is 1560 g/mol. The first kappa shape index (κ1) is 105. The summed E-state index contributed by atoms with van der Waals surface area (Å²) in [6.07, 6.45) is 69.3. The zero-order valence-electron chi connectivity index (χ0n) is 70.6. The van der Waals surface area contributed by atoms with Crippen LogP contribution in [0, 0.1) is 17.8 Å². The number of aliphatic hydroxyl groups excluding tert-OH is 1. The fourth-order valence-corrected chi connectivity index (χ4v) is 15.3. The van der Waals surface area contributed by atoms with Crippen molar-refractivity contribution in [2.75, 3.05) is 39.6 Å². The van der Waals surface area contributed by atoms with E-state index in [1.54, 1.807) is 0 Å². The van der Waals surface area contributed by atoms with Crippen molar-refractivity contribution in [1.29, 1.82) is 0 Å². The second-order valence-electron chi connectivity index (χ2n) is 32.8. The van der Waals surface area contributed by atoms with Gasteiger partial charge in [0.25, 0.3) is 0 Å². The fourth-order valence-electron chi connectivity index (χ4n) is 13.7. The molecule has 0 rings (SSSR count). The minimum atomic E-state index is -4.97. The van der Waals surface area contributed by atoms with Gasteiger partial charge in [0.15, 0.2) is 12.2 Å². The van der Waals surface area contributed by atoms with Crippen molar-refractivity contribution in [1.82, 2.24) is 0 Å². The molecule has 0 aromatic carbocycles. The minimum absolute atomic E-state index is 0.108. The van der Waals surface area contributed by atoms with Gasteiger partial charge in [-0.05, 0) is 43.4 Å². The third-order valence-corrected chi connectivity index (χ3v) is 22.9. The highest BCUT2D eigenvalue weighted by atomic mass is 31.2. The van der Waals surface area contributed by atoms with Crippen molar-refractivity contribution in [2.45, 2.75) is 484 Å². The average Bonchev–Trinajstić information content (AvgIpc) is 0.902. The van der Waals surface area contributed by atoms with Gasteiger partial charge in [-0.2, -0.15) is 0 Å². The van der Waals surface area contributed by atoms with E-state index in [2.05, 4.69) is 48.5 Å². The Morgan fingerprint density at radius 3 is 0.710 bits per heavy atom. The van der Waals surface area contributed by atoms with Crippen LogP contribution >= 0.6 is 15.6 Å². The molecule has 0 aliphatic heterocycles. The molecule has 6 atom stereocenters. The summed E-state index contributed by atoms with van der Waals surface area (Å²) in [5.41, 5.74) is 0. The van der Waals surface area contributed by atoms with E-state index >= 15 is 0 Å². The van der Waals surface area contributed by atoms with Gasteiger partial charge in [-0.3, -0.25) is 37.3 Å². The van der Waals surface area contributed by atoms with Crippen LogP contribution in [0.1, 0.15) is 466 Å². The van der Waals surface area contributed by atoms with E-state index in [-0.39, 0.29) is 25.7 Å². The van der Waals surface area contributed by atoms with Gasteiger partial charge in [0.2, 0.25) is 0 Å². The van der Waals surface area contributed by atoms with Crippen LogP contribution in [0.25, 0.3) is 0 Å². The van der Waals surface area contributed by atoms with Gasteiger partial charge in [0.05, 0.1) is 26.4 Å². The Balaban J connectivity index is 5.26. The van der Waals surface area contributed by atoms with E-state index < -0.39 is 97.5 Å². The Kier molecular flexibility index (Phi) is 76.6. The van der Waals surface area contributed by atoms with Gasteiger partial charge >= 0.3 is 39.5 Å². The van der Waals surface area contributed by atoms with Crippen molar-refractivity contribution in [2.24, 2.45) is 17.8 Å². The summed E-state index contributed by atoms with van der Waals surface area (Å²) < 4.78 is 69.0. The zero-order valence-corrected chi connectivity index (χ0v) is 72.4. The Morgan fingerprint density at radius 2 is 0.477 bits per heavy atom. The van der Waals surface area contributed by atoms with Crippen LogP contribution in [0.4, 0.5) is 0 Å². The summed E-state index contributed by atoms with van der Waals surface area (Å²) in [6.45, 7) is 12.1. The Hall–Kier alpha value is -1.94. The summed E-state index contributed by atoms with van der Waals surface area (Å²) in [6, 6.07) is 0. The molecule has 0 amide bonds. The predicted octanol–water partition coefficient (Wildman–Crippen LogP) is 26.9. The second kappa shape index (κ2) is 78.0. The third kappa shape index (κ3) is 80.5. The molecule has 0 fully saturated rings.